The largest absolute Gasteiger partial charge is 0.434 e. The van der Waals surface area contributed by atoms with E-state index in [4.69, 9.17) is 0 Å². The van der Waals surface area contributed by atoms with Gasteiger partial charge < -0.3 is 4.74 Å². The number of hydrogen-bond donors (Lipinski definition) is 0. The monoisotopic (exact) mass is 212 g/mol. The van der Waals surface area contributed by atoms with Crippen molar-refractivity contribution in [2.24, 2.45) is 0 Å². The van der Waals surface area contributed by atoms with Gasteiger partial charge in [-0.1, -0.05) is 24.3 Å². The van der Waals surface area contributed by atoms with E-state index in [2.05, 4.69) is 4.74 Å². The third kappa shape index (κ3) is 1.88. The first-order chi connectivity index (χ1) is 7.18. The van der Waals surface area contributed by atoms with E-state index in [1.807, 2.05) is 0 Å². The van der Waals surface area contributed by atoms with Gasteiger partial charge in [-0.2, -0.15) is 8.78 Å². The smallest absolute Gasteiger partial charge is 0.387 e. The average Bonchev–Trinajstić information content (AvgIpc) is 2.22. The molecule has 0 aliphatic carbocycles. The molecule has 4 heteroatoms. The van der Waals surface area contributed by atoms with E-state index in [1.54, 1.807) is 12.1 Å². The fourth-order valence-electron chi connectivity index (χ4n) is 1.43. The SMILES string of the molecule is Fc1ccc(OC(F)F)c2ccccc12. The first-order valence-corrected chi connectivity index (χ1v) is 4.30. The highest BCUT2D eigenvalue weighted by atomic mass is 19.3. The van der Waals surface area contributed by atoms with Crippen LogP contribution < -0.4 is 4.74 Å². The Hall–Kier alpha value is -1.71. The van der Waals surface area contributed by atoms with Gasteiger partial charge in [-0.3, -0.25) is 0 Å². The van der Waals surface area contributed by atoms with E-state index in [0.29, 0.717) is 5.39 Å². The van der Waals surface area contributed by atoms with Crippen molar-refractivity contribution in [1.29, 1.82) is 0 Å². The molecular weight excluding hydrogens is 205 g/mol. The Morgan fingerprint density at radius 1 is 0.933 bits per heavy atom. The fraction of sp³-hybridized carbons (Fsp3) is 0.0909. The van der Waals surface area contributed by atoms with Crippen LogP contribution in [0.25, 0.3) is 10.8 Å². The van der Waals surface area contributed by atoms with E-state index in [1.165, 1.54) is 18.2 Å². The maximum absolute atomic E-state index is 13.3. The highest BCUT2D eigenvalue weighted by Gasteiger charge is 2.10. The molecule has 0 unspecified atom stereocenters. The van der Waals surface area contributed by atoms with Crippen LogP contribution in [0, 0.1) is 5.82 Å². The van der Waals surface area contributed by atoms with Gasteiger partial charge in [-0.25, -0.2) is 4.39 Å². The van der Waals surface area contributed by atoms with Gasteiger partial charge in [0.15, 0.2) is 0 Å². The molecule has 1 nitrogen and oxygen atoms in total. The highest BCUT2D eigenvalue weighted by molar-refractivity contribution is 5.88. The van der Waals surface area contributed by atoms with Gasteiger partial charge in [0, 0.05) is 10.8 Å². The van der Waals surface area contributed by atoms with Crippen molar-refractivity contribution in [1.82, 2.24) is 0 Å². The number of benzene rings is 2. The lowest BCUT2D eigenvalue weighted by Crippen LogP contribution is -2.02. The molecule has 0 N–H and O–H groups in total. The molecule has 0 atom stereocenters. The van der Waals surface area contributed by atoms with Crippen LogP contribution in [0.15, 0.2) is 36.4 Å². The van der Waals surface area contributed by atoms with E-state index >= 15 is 0 Å². The van der Waals surface area contributed by atoms with Crippen LogP contribution in [0.1, 0.15) is 0 Å². The Kier molecular flexibility index (Phi) is 2.49. The predicted molar refractivity (Wildman–Crippen MR) is 50.5 cm³/mol. The maximum Gasteiger partial charge on any atom is 0.387 e. The molecule has 0 aliphatic heterocycles. The first-order valence-electron chi connectivity index (χ1n) is 4.30. The summed E-state index contributed by atoms with van der Waals surface area (Å²) in [7, 11) is 0. The molecule has 0 radical (unpaired) electrons. The van der Waals surface area contributed by atoms with E-state index in [-0.39, 0.29) is 11.1 Å². The molecule has 0 saturated heterocycles. The first kappa shape index (κ1) is 9.83. The van der Waals surface area contributed by atoms with Crippen molar-refractivity contribution in [3.63, 3.8) is 0 Å². The topological polar surface area (TPSA) is 9.23 Å². The lowest BCUT2D eigenvalue weighted by molar-refractivity contribution is -0.0488. The van der Waals surface area contributed by atoms with Gasteiger partial charge in [-0.05, 0) is 12.1 Å². The summed E-state index contributed by atoms with van der Waals surface area (Å²) < 4.78 is 41.6. The lowest BCUT2D eigenvalue weighted by atomic mass is 10.1. The van der Waals surface area contributed by atoms with Crippen molar-refractivity contribution in [2.45, 2.75) is 6.61 Å². The van der Waals surface area contributed by atoms with Gasteiger partial charge in [0.1, 0.15) is 11.6 Å². The van der Waals surface area contributed by atoms with Gasteiger partial charge >= 0.3 is 6.61 Å². The van der Waals surface area contributed by atoms with Crippen molar-refractivity contribution in [3.8, 4) is 5.75 Å². The van der Waals surface area contributed by atoms with E-state index < -0.39 is 12.4 Å². The van der Waals surface area contributed by atoms with Crippen LogP contribution in [0.2, 0.25) is 0 Å². The third-order valence-corrected chi connectivity index (χ3v) is 2.05. The number of alkyl halides is 2. The minimum atomic E-state index is -2.90. The van der Waals surface area contributed by atoms with Crippen LogP contribution >= 0.6 is 0 Å². The average molecular weight is 212 g/mol. The van der Waals surface area contributed by atoms with Gasteiger partial charge in [0.25, 0.3) is 0 Å². The summed E-state index contributed by atoms with van der Waals surface area (Å²) in [5.74, 6) is -0.464. The van der Waals surface area contributed by atoms with Crippen LogP contribution in [0.4, 0.5) is 13.2 Å². The van der Waals surface area contributed by atoms with Gasteiger partial charge in [-0.15, -0.1) is 0 Å². The number of hydrogen-bond acceptors (Lipinski definition) is 1. The minimum Gasteiger partial charge on any atom is -0.434 e. The Labute approximate surface area is 84.1 Å². The second kappa shape index (κ2) is 3.81. The van der Waals surface area contributed by atoms with Gasteiger partial charge in [0.05, 0.1) is 0 Å². The molecule has 0 bridgehead atoms. The van der Waals surface area contributed by atoms with Crippen molar-refractivity contribution in [3.05, 3.63) is 42.2 Å². The van der Waals surface area contributed by atoms with Crippen molar-refractivity contribution < 1.29 is 17.9 Å². The van der Waals surface area contributed by atoms with Crippen molar-refractivity contribution >= 4 is 10.8 Å². The Morgan fingerprint density at radius 2 is 1.60 bits per heavy atom. The zero-order valence-electron chi connectivity index (χ0n) is 7.58. The normalized spacial score (nSPS) is 10.9. The molecule has 0 heterocycles. The standard InChI is InChI=1S/C11H7F3O/c12-9-5-6-10(15-11(13)14)8-4-2-1-3-7(8)9/h1-6,11H. The van der Waals surface area contributed by atoms with Crippen molar-refractivity contribution in [2.75, 3.05) is 0 Å². The second-order valence-electron chi connectivity index (χ2n) is 2.97. The second-order valence-corrected chi connectivity index (χ2v) is 2.97. The Bertz CT molecular complexity index is 482. The summed E-state index contributed by atoms with van der Waals surface area (Å²) >= 11 is 0. The lowest BCUT2D eigenvalue weighted by Gasteiger charge is -2.08. The Balaban J connectivity index is 2.61. The summed E-state index contributed by atoms with van der Waals surface area (Å²) in [6.07, 6.45) is 0. The number of fused-ring (bicyclic) bond motifs is 1. The minimum absolute atomic E-state index is 0.0120. The van der Waals surface area contributed by atoms with E-state index in [0.717, 1.165) is 6.07 Å². The molecule has 15 heavy (non-hydrogen) atoms. The summed E-state index contributed by atoms with van der Waals surface area (Å²) in [5, 5.41) is 0.619. The molecule has 0 aliphatic rings. The maximum atomic E-state index is 13.3. The zero-order valence-corrected chi connectivity index (χ0v) is 7.58. The molecule has 0 saturated carbocycles. The number of ether oxygens (including phenoxy) is 1. The van der Waals surface area contributed by atoms with E-state index in [9.17, 15) is 13.2 Å². The fourth-order valence-corrected chi connectivity index (χ4v) is 1.43. The molecule has 0 aromatic heterocycles. The number of halogens is 3. The molecule has 0 spiro atoms. The molecule has 78 valence electrons. The summed E-state index contributed by atoms with van der Waals surface area (Å²) in [4.78, 5) is 0. The van der Waals surface area contributed by atoms with Crippen LogP contribution in [0.5, 0.6) is 5.75 Å². The summed E-state index contributed by atoms with van der Waals surface area (Å²) in [5.41, 5.74) is 0. The molecule has 0 fully saturated rings. The van der Waals surface area contributed by atoms with Crippen LogP contribution in [-0.4, -0.2) is 6.61 Å². The van der Waals surface area contributed by atoms with Crippen LogP contribution in [0.3, 0.4) is 0 Å². The predicted octanol–water partition coefficient (Wildman–Crippen LogP) is 3.58. The summed E-state index contributed by atoms with van der Waals surface area (Å²) in [6.45, 7) is -2.90. The molecule has 2 aromatic carbocycles. The van der Waals surface area contributed by atoms with Crippen LogP contribution in [-0.2, 0) is 0 Å². The zero-order chi connectivity index (χ0) is 10.8. The highest BCUT2D eigenvalue weighted by Crippen LogP contribution is 2.28. The molecule has 2 rings (SSSR count). The molecule has 2 aromatic rings. The number of rotatable bonds is 2. The molecular formula is C11H7F3O. The Morgan fingerprint density at radius 3 is 2.27 bits per heavy atom. The molecule has 0 amide bonds. The van der Waals surface area contributed by atoms with Gasteiger partial charge in [0.2, 0.25) is 0 Å². The quantitative estimate of drug-likeness (QED) is 0.739. The third-order valence-electron chi connectivity index (χ3n) is 2.05. The summed E-state index contributed by atoms with van der Waals surface area (Å²) in [6, 6.07) is 8.64.